The molecule has 150 valence electrons. The monoisotopic (exact) mass is 402 g/mol. The van der Waals surface area contributed by atoms with Gasteiger partial charge in [-0.05, 0) is 48.2 Å². The Labute approximate surface area is 163 Å². The van der Waals surface area contributed by atoms with Crippen LogP contribution in [0.25, 0.3) is 22.2 Å². The van der Waals surface area contributed by atoms with Crippen molar-refractivity contribution in [3.63, 3.8) is 0 Å². The van der Waals surface area contributed by atoms with E-state index in [0.717, 1.165) is 29.4 Å². The molecule has 3 N–H and O–H groups in total. The zero-order chi connectivity index (χ0) is 20.6. The van der Waals surface area contributed by atoms with Gasteiger partial charge < -0.3 is 15.6 Å². The molecule has 0 aliphatic heterocycles. The van der Waals surface area contributed by atoms with E-state index in [1.165, 1.54) is 12.1 Å². The number of nitrogens with one attached hydrogen (secondary N) is 3. The van der Waals surface area contributed by atoms with E-state index < -0.39 is 18.6 Å². The molecule has 0 bridgehead atoms. The van der Waals surface area contributed by atoms with Crippen LogP contribution in [-0.2, 0) is 4.79 Å². The summed E-state index contributed by atoms with van der Waals surface area (Å²) in [7, 11) is 0. The molecule has 1 fully saturated rings. The first-order valence-electron chi connectivity index (χ1n) is 9.04. The van der Waals surface area contributed by atoms with Crippen LogP contribution in [0.5, 0.6) is 0 Å². The van der Waals surface area contributed by atoms with E-state index in [4.69, 9.17) is 0 Å². The highest BCUT2D eigenvalue weighted by Crippen LogP contribution is 2.33. The minimum absolute atomic E-state index is 0.0362. The Morgan fingerprint density at radius 2 is 1.86 bits per heavy atom. The number of alkyl halides is 3. The Hall–Kier alpha value is -3.36. The maximum Gasteiger partial charge on any atom is 0.405 e. The van der Waals surface area contributed by atoms with Crippen molar-refractivity contribution in [1.82, 2.24) is 15.3 Å². The van der Waals surface area contributed by atoms with Crippen molar-refractivity contribution in [2.75, 3.05) is 11.9 Å². The second-order valence-corrected chi connectivity index (χ2v) is 6.93. The number of H-pyrrole nitrogens is 1. The third-order valence-corrected chi connectivity index (χ3v) is 4.64. The highest BCUT2D eigenvalue weighted by Gasteiger charge is 2.30. The summed E-state index contributed by atoms with van der Waals surface area (Å²) in [6, 6.07) is 9.81. The van der Waals surface area contributed by atoms with Crippen molar-refractivity contribution in [1.29, 1.82) is 0 Å². The molecule has 0 spiro atoms. The van der Waals surface area contributed by atoms with Gasteiger partial charge in [0.05, 0.1) is 0 Å². The number of benzene rings is 1. The molecule has 29 heavy (non-hydrogen) atoms. The van der Waals surface area contributed by atoms with Crippen LogP contribution in [0.4, 0.5) is 19.0 Å². The molecule has 0 radical (unpaired) electrons. The quantitative estimate of drug-likeness (QED) is 0.606. The molecule has 1 aromatic carbocycles. The fraction of sp³-hybridized carbons (Fsp3) is 0.250. The van der Waals surface area contributed by atoms with E-state index in [1.54, 1.807) is 24.4 Å². The summed E-state index contributed by atoms with van der Waals surface area (Å²) in [5, 5.41) is 5.48. The van der Waals surface area contributed by atoms with Gasteiger partial charge in [0.25, 0.3) is 5.91 Å². The number of halogens is 3. The smallest absolute Gasteiger partial charge is 0.346 e. The van der Waals surface area contributed by atoms with E-state index in [9.17, 15) is 22.8 Å². The van der Waals surface area contributed by atoms with Gasteiger partial charge in [-0.1, -0.05) is 12.1 Å². The van der Waals surface area contributed by atoms with Gasteiger partial charge in [-0.2, -0.15) is 13.2 Å². The standard InChI is InChI=1S/C20H17F3N4O2/c21-20(22,23)10-25-18(28)12-3-1-11(2-4-12)15-9-16(27-19(29)13-5-6-13)26-17-14(15)7-8-24-17/h1-4,7-9,13H,5-6,10H2,(H,25,28)(H2,24,26,27,29). The average Bonchev–Trinajstić information content (AvgIpc) is 3.43. The molecule has 2 aromatic heterocycles. The van der Waals surface area contributed by atoms with E-state index >= 15 is 0 Å². The van der Waals surface area contributed by atoms with Gasteiger partial charge in [0, 0.05) is 23.1 Å². The number of fused-ring (bicyclic) bond motifs is 1. The molecule has 1 aliphatic rings. The van der Waals surface area contributed by atoms with Gasteiger partial charge in [0.1, 0.15) is 18.0 Å². The van der Waals surface area contributed by atoms with Crippen molar-refractivity contribution in [3.05, 3.63) is 48.2 Å². The first-order chi connectivity index (χ1) is 13.8. The lowest BCUT2D eigenvalue weighted by Crippen LogP contribution is -2.33. The molecule has 1 aliphatic carbocycles. The fourth-order valence-electron chi connectivity index (χ4n) is 3.00. The van der Waals surface area contributed by atoms with Crippen LogP contribution in [-0.4, -0.2) is 34.5 Å². The molecule has 0 saturated heterocycles. The van der Waals surface area contributed by atoms with Crippen molar-refractivity contribution in [2.45, 2.75) is 19.0 Å². The van der Waals surface area contributed by atoms with Crippen molar-refractivity contribution >= 4 is 28.7 Å². The molecule has 9 heteroatoms. The number of pyridine rings is 1. The lowest BCUT2D eigenvalue weighted by Gasteiger charge is -2.10. The van der Waals surface area contributed by atoms with Crippen LogP contribution in [0.1, 0.15) is 23.2 Å². The molecule has 0 atom stereocenters. The molecular weight excluding hydrogens is 385 g/mol. The number of nitrogens with zero attached hydrogens (tertiary/aromatic N) is 1. The molecule has 4 rings (SSSR count). The zero-order valence-electron chi connectivity index (χ0n) is 15.1. The van der Waals surface area contributed by atoms with Crippen LogP contribution in [0.3, 0.4) is 0 Å². The number of aromatic nitrogens is 2. The average molecular weight is 402 g/mol. The molecule has 3 aromatic rings. The predicted molar refractivity (Wildman–Crippen MR) is 101 cm³/mol. The lowest BCUT2D eigenvalue weighted by atomic mass is 10.0. The Balaban J connectivity index is 1.59. The number of anilines is 1. The number of hydrogen-bond donors (Lipinski definition) is 3. The molecule has 2 heterocycles. The van der Waals surface area contributed by atoms with E-state index in [2.05, 4.69) is 15.3 Å². The normalized spacial score (nSPS) is 14.0. The Kier molecular flexibility index (Phi) is 4.73. The van der Waals surface area contributed by atoms with Crippen LogP contribution in [0.2, 0.25) is 0 Å². The molecule has 6 nitrogen and oxygen atoms in total. The zero-order valence-corrected chi connectivity index (χ0v) is 15.1. The Morgan fingerprint density at radius 3 is 2.52 bits per heavy atom. The number of hydrogen-bond acceptors (Lipinski definition) is 3. The van der Waals surface area contributed by atoms with Gasteiger partial charge >= 0.3 is 6.18 Å². The minimum Gasteiger partial charge on any atom is -0.346 e. The molecular formula is C20H17F3N4O2. The second kappa shape index (κ2) is 7.23. The second-order valence-electron chi connectivity index (χ2n) is 6.93. The first-order valence-corrected chi connectivity index (χ1v) is 9.04. The maximum absolute atomic E-state index is 12.3. The third kappa shape index (κ3) is 4.39. The van der Waals surface area contributed by atoms with Crippen molar-refractivity contribution < 1.29 is 22.8 Å². The summed E-state index contributed by atoms with van der Waals surface area (Å²) in [5.74, 6) is -0.410. The number of aromatic amines is 1. The van der Waals surface area contributed by atoms with Crippen LogP contribution < -0.4 is 10.6 Å². The third-order valence-electron chi connectivity index (χ3n) is 4.64. The Bertz CT molecular complexity index is 1070. The SMILES string of the molecule is O=C(NCC(F)(F)F)c1ccc(-c2cc(NC(=O)C3CC3)nc3[nH]ccc23)cc1. The number of carbonyl (C=O) groups excluding carboxylic acids is 2. The maximum atomic E-state index is 12.3. The van der Waals surface area contributed by atoms with Gasteiger partial charge in [-0.15, -0.1) is 0 Å². The van der Waals surface area contributed by atoms with E-state index in [1.807, 2.05) is 11.4 Å². The first kappa shape index (κ1) is 19.0. The highest BCUT2D eigenvalue weighted by molar-refractivity contribution is 6.00. The summed E-state index contributed by atoms with van der Waals surface area (Å²) >= 11 is 0. The summed E-state index contributed by atoms with van der Waals surface area (Å²) in [6.45, 7) is -1.38. The minimum atomic E-state index is -4.46. The fourth-order valence-corrected chi connectivity index (χ4v) is 3.00. The van der Waals surface area contributed by atoms with Gasteiger partial charge in [0.2, 0.25) is 5.91 Å². The summed E-state index contributed by atoms with van der Waals surface area (Å²) in [4.78, 5) is 31.4. The molecule has 2 amide bonds. The van der Waals surface area contributed by atoms with Crippen LogP contribution >= 0.6 is 0 Å². The largest absolute Gasteiger partial charge is 0.405 e. The molecule has 0 unspecified atom stereocenters. The number of rotatable bonds is 5. The van der Waals surface area contributed by atoms with E-state index in [0.29, 0.717) is 11.5 Å². The summed E-state index contributed by atoms with van der Waals surface area (Å²) < 4.78 is 36.8. The molecule has 1 saturated carbocycles. The number of carbonyl (C=O) groups is 2. The van der Waals surface area contributed by atoms with Gasteiger partial charge in [0.15, 0.2) is 0 Å². The lowest BCUT2D eigenvalue weighted by molar-refractivity contribution is -0.123. The van der Waals surface area contributed by atoms with Gasteiger partial charge in [-0.25, -0.2) is 4.98 Å². The van der Waals surface area contributed by atoms with E-state index in [-0.39, 0.29) is 17.4 Å². The highest BCUT2D eigenvalue weighted by atomic mass is 19.4. The van der Waals surface area contributed by atoms with Crippen molar-refractivity contribution in [3.8, 4) is 11.1 Å². The number of amides is 2. The van der Waals surface area contributed by atoms with Gasteiger partial charge in [-0.3, -0.25) is 9.59 Å². The Morgan fingerprint density at radius 1 is 1.14 bits per heavy atom. The topological polar surface area (TPSA) is 86.9 Å². The van der Waals surface area contributed by atoms with Crippen LogP contribution in [0, 0.1) is 5.92 Å². The van der Waals surface area contributed by atoms with Crippen LogP contribution in [0.15, 0.2) is 42.6 Å². The summed E-state index contributed by atoms with van der Waals surface area (Å²) in [5.41, 5.74) is 2.25. The predicted octanol–water partition coefficient (Wildman–Crippen LogP) is 3.87. The van der Waals surface area contributed by atoms with Crippen molar-refractivity contribution in [2.24, 2.45) is 5.92 Å². The summed E-state index contributed by atoms with van der Waals surface area (Å²) in [6.07, 6.45) is -0.983.